The minimum absolute atomic E-state index is 0.000989. The second-order valence-electron chi connectivity index (χ2n) is 6.55. The Morgan fingerprint density at radius 3 is 2.64 bits per heavy atom. The van der Waals surface area contributed by atoms with Crippen molar-refractivity contribution in [1.29, 1.82) is 0 Å². The molecule has 3 rings (SSSR count). The van der Waals surface area contributed by atoms with Gasteiger partial charge in [0.15, 0.2) is 0 Å². The molecule has 1 heterocycles. The average Bonchev–Trinajstić information content (AvgIpc) is 3.13. The summed E-state index contributed by atoms with van der Waals surface area (Å²) in [5.74, 6) is -1.17. The van der Waals surface area contributed by atoms with Crippen LogP contribution in [0.15, 0.2) is 30.5 Å². The molecule has 1 saturated carbocycles. The lowest BCUT2D eigenvalue weighted by Gasteiger charge is -2.28. The molecule has 1 amide bonds. The van der Waals surface area contributed by atoms with E-state index in [2.05, 4.69) is 5.32 Å². The molecule has 2 N–H and O–H groups in total. The van der Waals surface area contributed by atoms with E-state index < -0.39 is 16.4 Å². The largest absolute Gasteiger partial charge is 0.481 e. The fourth-order valence-corrected chi connectivity index (χ4v) is 3.62. The van der Waals surface area contributed by atoms with Gasteiger partial charge in [-0.3, -0.25) is 19.7 Å². The lowest BCUT2D eigenvalue weighted by molar-refractivity contribution is -0.384. The van der Waals surface area contributed by atoms with Crippen LogP contribution in [-0.4, -0.2) is 32.0 Å². The highest BCUT2D eigenvalue weighted by Gasteiger charge is 2.37. The van der Waals surface area contributed by atoms with Gasteiger partial charge in [-0.25, -0.2) is 0 Å². The third kappa shape index (κ3) is 3.62. The predicted octanol–water partition coefficient (Wildman–Crippen LogP) is 2.45. The third-order valence-corrected chi connectivity index (χ3v) is 4.73. The summed E-state index contributed by atoms with van der Waals surface area (Å²) in [6.45, 7) is 0.0443. The second-order valence-corrected chi connectivity index (χ2v) is 6.55. The van der Waals surface area contributed by atoms with E-state index in [1.54, 1.807) is 22.9 Å². The summed E-state index contributed by atoms with van der Waals surface area (Å²) < 4.78 is 1.71. The molecule has 25 heavy (non-hydrogen) atoms. The van der Waals surface area contributed by atoms with E-state index in [-0.39, 0.29) is 24.6 Å². The summed E-state index contributed by atoms with van der Waals surface area (Å²) in [6, 6.07) is 6.20. The van der Waals surface area contributed by atoms with Gasteiger partial charge in [0, 0.05) is 29.2 Å². The van der Waals surface area contributed by atoms with Crippen molar-refractivity contribution in [2.24, 2.45) is 0 Å². The molecule has 0 saturated heterocycles. The van der Waals surface area contributed by atoms with Crippen LogP contribution in [0.5, 0.6) is 0 Å². The molecule has 8 heteroatoms. The van der Waals surface area contributed by atoms with Gasteiger partial charge in [-0.05, 0) is 25.0 Å². The maximum absolute atomic E-state index is 12.4. The number of nitrogens with one attached hydrogen (secondary N) is 1. The number of carboxylic acid groups (broad SMARTS) is 1. The zero-order chi connectivity index (χ0) is 18.0. The first-order chi connectivity index (χ1) is 11.9. The Bertz CT molecular complexity index is 836. The number of carbonyl (C=O) groups is 2. The Balaban J connectivity index is 1.75. The number of aromatic nitrogens is 1. The van der Waals surface area contributed by atoms with Gasteiger partial charge in [0.2, 0.25) is 5.91 Å². The number of hydrogen-bond acceptors (Lipinski definition) is 4. The lowest BCUT2D eigenvalue weighted by Crippen LogP contribution is -2.48. The van der Waals surface area contributed by atoms with Crippen molar-refractivity contribution in [3.63, 3.8) is 0 Å². The molecule has 1 aliphatic carbocycles. The minimum atomic E-state index is -0.916. The standard InChI is InChI=1S/C17H19N3O5/c21-15(18-17(10-16(22)23)6-1-2-7-17)11-19-8-5-12-9-13(20(24)25)3-4-14(12)19/h3-5,8-9H,1-2,6-7,10-11H2,(H,18,21)(H,22,23). The number of nitrogens with zero attached hydrogens (tertiary/aromatic N) is 2. The van der Waals surface area contributed by atoms with Crippen LogP contribution in [0.4, 0.5) is 5.69 Å². The van der Waals surface area contributed by atoms with Gasteiger partial charge in [0.05, 0.1) is 16.9 Å². The maximum Gasteiger partial charge on any atom is 0.305 e. The maximum atomic E-state index is 12.4. The molecular formula is C17H19N3O5. The van der Waals surface area contributed by atoms with Crippen molar-refractivity contribution in [2.45, 2.75) is 44.2 Å². The van der Waals surface area contributed by atoms with Crippen LogP contribution in [0.25, 0.3) is 10.9 Å². The number of hydrogen-bond donors (Lipinski definition) is 2. The van der Waals surface area contributed by atoms with Gasteiger partial charge in [0.25, 0.3) is 5.69 Å². The number of carboxylic acids is 1. The number of nitro groups is 1. The minimum Gasteiger partial charge on any atom is -0.481 e. The number of amides is 1. The van der Waals surface area contributed by atoms with E-state index >= 15 is 0 Å². The van der Waals surface area contributed by atoms with Gasteiger partial charge in [-0.1, -0.05) is 12.8 Å². The van der Waals surface area contributed by atoms with E-state index in [9.17, 15) is 19.7 Å². The van der Waals surface area contributed by atoms with Crippen LogP contribution >= 0.6 is 0 Å². The molecule has 0 unspecified atom stereocenters. The van der Waals surface area contributed by atoms with E-state index in [1.807, 2.05) is 0 Å². The molecule has 0 spiro atoms. The zero-order valence-electron chi connectivity index (χ0n) is 13.6. The lowest BCUT2D eigenvalue weighted by atomic mass is 9.93. The molecule has 1 fully saturated rings. The highest BCUT2D eigenvalue weighted by Crippen LogP contribution is 2.32. The van der Waals surface area contributed by atoms with Crippen molar-refractivity contribution < 1.29 is 19.6 Å². The van der Waals surface area contributed by atoms with Crippen LogP contribution in [0, 0.1) is 10.1 Å². The van der Waals surface area contributed by atoms with Crippen molar-refractivity contribution in [3.05, 3.63) is 40.6 Å². The van der Waals surface area contributed by atoms with Gasteiger partial charge in [-0.2, -0.15) is 0 Å². The topological polar surface area (TPSA) is 114 Å². The Hall–Kier alpha value is -2.90. The van der Waals surface area contributed by atoms with E-state index in [0.29, 0.717) is 18.2 Å². The molecule has 1 aromatic heterocycles. The van der Waals surface area contributed by atoms with Gasteiger partial charge < -0.3 is 15.0 Å². The number of benzene rings is 1. The number of fused-ring (bicyclic) bond motifs is 1. The first kappa shape index (κ1) is 16.9. The van der Waals surface area contributed by atoms with Crippen LogP contribution in [0.1, 0.15) is 32.1 Å². The molecule has 0 radical (unpaired) electrons. The Kier molecular flexibility index (Phi) is 4.43. The second kappa shape index (κ2) is 6.54. The van der Waals surface area contributed by atoms with E-state index in [4.69, 9.17) is 5.11 Å². The van der Waals surface area contributed by atoms with Crippen molar-refractivity contribution in [1.82, 2.24) is 9.88 Å². The van der Waals surface area contributed by atoms with E-state index in [0.717, 1.165) is 18.4 Å². The van der Waals surface area contributed by atoms with Crippen LogP contribution in [0.3, 0.4) is 0 Å². The fourth-order valence-electron chi connectivity index (χ4n) is 3.62. The van der Waals surface area contributed by atoms with Crippen molar-refractivity contribution in [3.8, 4) is 0 Å². The fraction of sp³-hybridized carbons (Fsp3) is 0.412. The molecular weight excluding hydrogens is 326 g/mol. The Labute approximate surface area is 143 Å². The number of aliphatic carboxylic acids is 1. The molecule has 0 atom stereocenters. The normalized spacial score (nSPS) is 16.0. The molecule has 2 aromatic rings. The Morgan fingerprint density at radius 2 is 2.00 bits per heavy atom. The number of rotatable bonds is 6. The average molecular weight is 345 g/mol. The van der Waals surface area contributed by atoms with Gasteiger partial charge in [-0.15, -0.1) is 0 Å². The van der Waals surface area contributed by atoms with Crippen LogP contribution < -0.4 is 5.32 Å². The number of carbonyl (C=O) groups excluding carboxylic acids is 1. The first-order valence-electron chi connectivity index (χ1n) is 8.15. The molecule has 0 bridgehead atoms. The van der Waals surface area contributed by atoms with Crippen molar-refractivity contribution >= 4 is 28.5 Å². The summed E-state index contributed by atoms with van der Waals surface area (Å²) >= 11 is 0. The van der Waals surface area contributed by atoms with Gasteiger partial charge >= 0.3 is 5.97 Å². The summed E-state index contributed by atoms with van der Waals surface area (Å²) in [4.78, 5) is 33.9. The summed E-state index contributed by atoms with van der Waals surface area (Å²) in [5, 5.41) is 23.5. The van der Waals surface area contributed by atoms with Crippen LogP contribution in [-0.2, 0) is 16.1 Å². The Morgan fingerprint density at radius 1 is 1.28 bits per heavy atom. The summed E-state index contributed by atoms with van der Waals surface area (Å²) in [6.07, 6.45) is 4.78. The van der Waals surface area contributed by atoms with Gasteiger partial charge in [0.1, 0.15) is 6.54 Å². The molecule has 1 aromatic carbocycles. The summed E-state index contributed by atoms with van der Waals surface area (Å²) in [7, 11) is 0. The number of nitro benzene ring substituents is 1. The van der Waals surface area contributed by atoms with E-state index in [1.165, 1.54) is 12.1 Å². The smallest absolute Gasteiger partial charge is 0.305 e. The summed E-state index contributed by atoms with van der Waals surface area (Å²) in [5.41, 5.74) is 0.0607. The molecule has 1 aliphatic rings. The predicted molar refractivity (Wildman–Crippen MR) is 90.2 cm³/mol. The molecule has 132 valence electrons. The molecule has 0 aliphatic heterocycles. The van der Waals surface area contributed by atoms with Crippen molar-refractivity contribution in [2.75, 3.05) is 0 Å². The quantitative estimate of drug-likeness (QED) is 0.616. The monoisotopic (exact) mass is 345 g/mol. The molecule has 8 nitrogen and oxygen atoms in total. The SMILES string of the molecule is O=C(O)CC1(NC(=O)Cn2ccc3cc([N+](=O)[O-])ccc32)CCCC1. The highest BCUT2D eigenvalue weighted by atomic mass is 16.6. The third-order valence-electron chi connectivity index (χ3n) is 4.73. The highest BCUT2D eigenvalue weighted by molar-refractivity contribution is 5.85. The van der Waals surface area contributed by atoms with Crippen LogP contribution in [0.2, 0.25) is 0 Å². The number of non-ortho nitro benzene ring substituents is 1. The first-order valence-corrected chi connectivity index (χ1v) is 8.15. The zero-order valence-corrected chi connectivity index (χ0v) is 13.6.